The Labute approximate surface area is 189 Å². The van der Waals surface area contributed by atoms with Gasteiger partial charge < -0.3 is 26.6 Å². The number of nitrogen functional groups attached to an aromatic ring is 1. The Kier molecular flexibility index (Phi) is 9.67. The first-order valence-electron chi connectivity index (χ1n) is 9.58. The van der Waals surface area contributed by atoms with Crippen molar-refractivity contribution >= 4 is 35.6 Å². The molecular formula is C21H25N5O5S. The molecule has 0 bridgehead atoms. The van der Waals surface area contributed by atoms with Crippen LogP contribution in [0.15, 0.2) is 48.5 Å². The molecule has 32 heavy (non-hydrogen) atoms. The fourth-order valence-corrected chi connectivity index (χ4v) is 3.32. The van der Waals surface area contributed by atoms with Crippen LogP contribution in [-0.2, 0) is 21.9 Å². The molecule has 0 heterocycles. The van der Waals surface area contributed by atoms with Gasteiger partial charge in [-0.1, -0.05) is 48.3 Å². The van der Waals surface area contributed by atoms with Gasteiger partial charge in [0.05, 0.1) is 18.7 Å². The van der Waals surface area contributed by atoms with Crippen LogP contribution in [0.1, 0.15) is 27.0 Å². The molecular weight excluding hydrogens is 434 g/mol. The molecule has 0 saturated heterocycles. The van der Waals surface area contributed by atoms with E-state index in [2.05, 4.69) is 15.4 Å². The van der Waals surface area contributed by atoms with Crippen molar-refractivity contribution in [2.75, 3.05) is 13.2 Å². The molecule has 2 aromatic carbocycles. The van der Waals surface area contributed by atoms with Gasteiger partial charge in [-0.15, -0.1) is 0 Å². The summed E-state index contributed by atoms with van der Waals surface area (Å²) in [4.78, 5) is 35.0. The number of carboxylic acids is 1. The minimum atomic E-state index is -1.01. The number of aromatic carboxylic acids is 1. The number of carboxylic acid groups (broad SMARTS) is 1. The van der Waals surface area contributed by atoms with Gasteiger partial charge in [-0.3, -0.25) is 15.0 Å². The Bertz CT molecular complexity index is 950. The van der Waals surface area contributed by atoms with E-state index in [1.807, 2.05) is 0 Å². The van der Waals surface area contributed by atoms with E-state index in [0.717, 1.165) is 11.1 Å². The van der Waals surface area contributed by atoms with E-state index in [0.29, 0.717) is 11.3 Å². The monoisotopic (exact) mass is 459 g/mol. The predicted octanol–water partition coefficient (Wildman–Crippen LogP) is 0.200. The minimum Gasteiger partial charge on any atom is -0.478 e. The topological polar surface area (TPSA) is 178 Å². The van der Waals surface area contributed by atoms with Gasteiger partial charge in [0.15, 0.2) is 0 Å². The summed E-state index contributed by atoms with van der Waals surface area (Å²) < 4.78 is 2.83. The first kappa shape index (κ1) is 24.9. The molecule has 11 heteroatoms. The summed E-state index contributed by atoms with van der Waals surface area (Å²) >= 11 is 1.18. The second-order valence-corrected chi connectivity index (χ2v) is 7.56. The molecule has 2 aromatic rings. The Morgan fingerprint density at radius 2 is 1.56 bits per heavy atom. The molecule has 0 unspecified atom stereocenters. The second-order valence-electron chi connectivity index (χ2n) is 6.75. The van der Waals surface area contributed by atoms with Crippen molar-refractivity contribution in [3.05, 3.63) is 70.8 Å². The van der Waals surface area contributed by atoms with Crippen LogP contribution in [-0.4, -0.2) is 53.0 Å². The molecule has 0 saturated carbocycles. The van der Waals surface area contributed by atoms with Crippen molar-refractivity contribution in [1.82, 2.24) is 15.4 Å². The number of amides is 2. The number of aliphatic hydroxyl groups excluding tert-OH is 1. The maximum Gasteiger partial charge on any atom is 0.335 e. The molecule has 170 valence electrons. The number of nitrogens with two attached hydrogens (primary N) is 1. The highest BCUT2D eigenvalue weighted by Crippen LogP contribution is 2.11. The van der Waals surface area contributed by atoms with Crippen molar-refractivity contribution in [3.8, 4) is 0 Å². The van der Waals surface area contributed by atoms with Crippen molar-refractivity contribution in [2.24, 2.45) is 5.73 Å². The molecule has 0 aliphatic rings. The average molecular weight is 460 g/mol. The lowest BCUT2D eigenvalue weighted by Gasteiger charge is -2.15. The zero-order chi connectivity index (χ0) is 23.5. The van der Waals surface area contributed by atoms with E-state index in [1.54, 1.807) is 36.4 Å². The van der Waals surface area contributed by atoms with Gasteiger partial charge in [0, 0.05) is 17.9 Å². The number of aliphatic hydroxyl groups is 1. The van der Waals surface area contributed by atoms with E-state index >= 15 is 0 Å². The first-order chi connectivity index (χ1) is 15.3. The lowest BCUT2D eigenvalue weighted by atomic mass is 10.1. The predicted molar refractivity (Wildman–Crippen MR) is 121 cm³/mol. The van der Waals surface area contributed by atoms with E-state index in [1.165, 1.54) is 24.1 Å². The van der Waals surface area contributed by atoms with Gasteiger partial charge in [-0.2, -0.15) is 0 Å². The van der Waals surface area contributed by atoms with Crippen molar-refractivity contribution in [1.29, 1.82) is 5.41 Å². The zero-order valence-corrected chi connectivity index (χ0v) is 17.9. The third-order valence-electron chi connectivity index (χ3n) is 4.34. The molecule has 0 aliphatic heterocycles. The highest BCUT2D eigenvalue weighted by Gasteiger charge is 2.18. The number of hydrogen-bond acceptors (Lipinski definition) is 7. The smallest absolute Gasteiger partial charge is 0.335 e. The summed E-state index contributed by atoms with van der Waals surface area (Å²) in [5.41, 5.74) is 7.83. The molecule has 0 aromatic heterocycles. The largest absolute Gasteiger partial charge is 0.478 e. The number of amidine groups is 1. The third-order valence-corrected chi connectivity index (χ3v) is 5.27. The molecule has 0 spiro atoms. The van der Waals surface area contributed by atoms with Gasteiger partial charge in [0.25, 0.3) is 0 Å². The van der Waals surface area contributed by atoms with Crippen LogP contribution < -0.4 is 21.1 Å². The van der Waals surface area contributed by atoms with Crippen LogP contribution in [0.5, 0.6) is 0 Å². The standard InChI is InChI=1S/C21H25N5O5S/c22-19(23)15-5-1-13(2-6-15)9-24-18(28)10-25-20(29)17(11-27)26-32-12-14-3-7-16(8-4-14)21(30)31/h1-8,17,26-27H,9-12H2,(H3,22,23)(H,24,28)(H,25,29)(H,30,31)/t17-/m1/s1. The maximum atomic E-state index is 12.2. The van der Waals surface area contributed by atoms with Crippen LogP contribution in [0.3, 0.4) is 0 Å². The van der Waals surface area contributed by atoms with E-state index in [-0.39, 0.29) is 24.5 Å². The summed E-state index contributed by atoms with van der Waals surface area (Å²) in [6.45, 7) is -0.449. The molecule has 2 amide bonds. The fraction of sp³-hybridized carbons (Fsp3) is 0.238. The Morgan fingerprint density at radius 1 is 0.969 bits per heavy atom. The Balaban J connectivity index is 1.70. The average Bonchev–Trinajstić information content (AvgIpc) is 2.79. The maximum absolute atomic E-state index is 12.2. The quantitative estimate of drug-likeness (QED) is 0.134. The highest BCUT2D eigenvalue weighted by molar-refractivity contribution is 7.96. The normalized spacial score (nSPS) is 11.4. The minimum absolute atomic E-state index is 0.0374. The number of rotatable bonds is 12. The van der Waals surface area contributed by atoms with E-state index in [9.17, 15) is 19.5 Å². The van der Waals surface area contributed by atoms with Crippen LogP contribution in [0.4, 0.5) is 0 Å². The summed E-state index contributed by atoms with van der Waals surface area (Å²) in [5, 5.41) is 30.8. The SMILES string of the molecule is N=C(N)c1ccc(CNC(=O)CNC(=O)[C@@H](CO)NSCc2ccc(C(=O)O)cc2)cc1. The molecule has 0 aliphatic carbocycles. The molecule has 2 rings (SSSR count). The Hall–Kier alpha value is -3.41. The van der Waals surface area contributed by atoms with Gasteiger partial charge in [-0.05, 0) is 23.3 Å². The fourth-order valence-electron chi connectivity index (χ4n) is 2.50. The molecule has 0 radical (unpaired) electrons. The molecule has 0 fully saturated rings. The van der Waals surface area contributed by atoms with Gasteiger partial charge in [-0.25, -0.2) is 9.52 Å². The number of carbonyl (C=O) groups is 3. The number of carbonyl (C=O) groups excluding carboxylic acids is 2. The third kappa shape index (κ3) is 8.02. The zero-order valence-electron chi connectivity index (χ0n) is 17.1. The van der Waals surface area contributed by atoms with E-state index in [4.69, 9.17) is 16.2 Å². The van der Waals surface area contributed by atoms with Crippen molar-refractivity contribution < 1.29 is 24.6 Å². The van der Waals surface area contributed by atoms with Crippen LogP contribution in [0, 0.1) is 5.41 Å². The second kappa shape index (κ2) is 12.4. The van der Waals surface area contributed by atoms with Crippen molar-refractivity contribution in [2.45, 2.75) is 18.3 Å². The number of nitrogens with one attached hydrogen (secondary N) is 4. The summed E-state index contributed by atoms with van der Waals surface area (Å²) in [7, 11) is 0. The van der Waals surface area contributed by atoms with Gasteiger partial charge in [0.2, 0.25) is 11.8 Å². The van der Waals surface area contributed by atoms with Crippen molar-refractivity contribution in [3.63, 3.8) is 0 Å². The summed E-state index contributed by atoms with van der Waals surface area (Å²) in [5.74, 6) is -1.51. The molecule has 1 atom stereocenters. The number of hydrogen-bond donors (Lipinski definition) is 7. The van der Waals surface area contributed by atoms with Crippen LogP contribution >= 0.6 is 11.9 Å². The highest BCUT2D eigenvalue weighted by atomic mass is 32.2. The van der Waals surface area contributed by atoms with Crippen LogP contribution in [0.25, 0.3) is 0 Å². The summed E-state index contributed by atoms with van der Waals surface area (Å²) in [6.07, 6.45) is 0. The lowest BCUT2D eigenvalue weighted by molar-refractivity contribution is -0.127. The number of benzene rings is 2. The van der Waals surface area contributed by atoms with Crippen LogP contribution in [0.2, 0.25) is 0 Å². The molecule has 8 N–H and O–H groups in total. The van der Waals surface area contributed by atoms with E-state index < -0.39 is 30.4 Å². The van der Waals surface area contributed by atoms with Gasteiger partial charge >= 0.3 is 5.97 Å². The lowest BCUT2D eigenvalue weighted by Crippen LogP contribution is -2.47. The van der Waals surface area contributed by atoms with Gasteiger partial charge in [0.1, 0.15) is 11.9 Å². The Morgan fingerprint density at radius 3 is 2.12 bits per heavy atom. The first-order valence-corrected chi connectivity index (χ1v) is 10.6. The molecule has 10 nitrogen and oxygen atoms in total. The summed E-state index contributed by atoms with van der Waals surface area (Å²) in [6, 6.07) is 12.3.